The van der Waals surface area contributed by atoms with Gasteiger partial charge in [0.05, 0.1) is 0 Å². The first-order valence-corrected chi connectivity index (χ1v) is 5.08. The summed E-state index contributed by atoms with van der Waals surface area (Å²) in [6, 6.07) is 1.76. The molecule has 0 spiro atoms. The van der Waals surface area contributed by atoms with E-state index in [9.17, 15) is 13.2 Å². The lowest BCUT2D eigenvalue weighted by molar-refractivity contribution is -0.135. The lowest BCUT2D eigenvalue weighted by Gasteiger charge is -2.07. The molecule has 0 radical (unpaired) electrons. The van der Waals surface area contributed by atoms with E-state index < -0.39 is 12.6 Å². The lowest BCUT2D eigenvalue weighted by atomic mass is 10.2. The number of unbranched alkanes of at least 4 members (excludes halogenated alkanes) is 1. The molecule has 1 aromatic rings. The Bertz CT molecular complexity index is 325. The van der Waals surface area contributed by atoms with E-state index in [-0.39, 0.29) is 6.42 Å². The van der Waals surface area contributed by atoms with Crippen molar-refractivity contribution < 1.29 is 13.2 Å². The molecule has 3 nitrogen and oxygen atoms in total. The second-order valence-corrected chi connectivity index (χ2v) is 3.52. The number of rotatable bonds is 5. The Kier molecular flexibility index (Phi) is 4.52. The van der Waals surface area contributed by atoms with Crippen molar-refractivity contribution in [1.82, 2.24) is 9.97 Å². The molecule has 0 aliphatic rings. The molecule has 1 rings (SSSR count). The van der Waals surface area contributed by atoms with Gasteiger partial charge in [-0.25, -0.2) is 9.97 Å². The predicted molar refractivity (Wildman–Crippen MR) is 55.2 cm³/mol. The largest absolute Gasteiger partial charge is 0.389 e. The number of nitrogens with one attached hydrogen (secondary N) is 1. The van der Waals surface area contributed by atoms with E-state index >= 15 is 0 Å². The third-order valence-corrected chi connectivity index (χ3v) is 1.96. The molecule has 1 heterocycles. The van der Waals surface area contributed by atoms with Crippen LogP contribution in [0.5, 0.6) is 0 Å². The standard InChI is InChI=1S/C10H14F3N3/c1-8-4-7-15-9(16-8)14-6-3-2-5-10(11,12)13/h4,7H,2-3,5-6H2,1H3,(H,14,15,16). The molecule has 0 saturated heterocycles. The fourth-order valence-electron chi connectivity index (χ4n) is 1.18. The van der Waals surface area contributed by atoms with Gasteiger partial charge in [0.1, 0.15) is 0 Å². The first-order chi connectivity index (χ1) is 7.47. The number of aryl methyl sites for hydroxylation is 1. The molecule has 0 bridgehead atoms. The van der Waals surface area contributed by atoms with E-state index in [0.717, 1.165) is 5.69 Å². The molecule has 0 unspecified atom stereocenters. The van der Waals surface area contributed by atoms with Crippen LogP contribution < -0.4 is 5.32 Å². The summed E-state index contributed by atoms with van der Waals surface area (Å²) in [5.74, 6) is 0.465. The van der Waals surface area contributed by atoms with E-state index in [0.29, 0.717) is 18.9 Å². The SMILES string of the molecule is Cc1ccnc(NCCCCC(F)(F)F)n1. The minimum absolute atomic E-state index is 0.127. The van der Waals surface area contributed by atoms with Gasteiger partial charge in [-0.05, 0) is 25.8 Å². The Morgan fingerprint density at radius 1 is 1.31 bits per heavy atom. The highest BCUT2D eigenvalue weighted by Crippen LogP contribution is 2.21. The van der Waals surface area contributed by atoms with E-state index in [1.165, 1.54) is 0 Å². The minimum atomic E-state index is -4.06. The third-order valence-electron chi connectivity index (χ3n) is 1.96. The van der Waals surface area contributed by atoms with Crippen LogP contribution in [0.2, 0.25) is 0 Å². The Labute approximate surface area is 92.1 Å². The Morgan fingerprint density at radius 3 is 2.69 bits per heavy atom. The van der Waals surface area contributed by atoms with Crippen LogP contribution in [-0.2, 0) is 0 Å². The quantitative estimate of drug-likeness (QED) is 0.794. The topological polar surface area (TPSA) is 37.8 Å². The second-order valence-electron chi connectivity index (χ2n) is 3.52. The highest BCUT2D eigenvalue weighted by atomic mass is 19.4. The number of anilines is 1. The summed E-state index contributed by atoms with van der Waals surface area (Å²) in [4.78, 5) is 8.02. The molecule has 0 amide bonds. The molecule has 0 aliphatic heterocycles. The first kappa shape index (κ1) is 12.7. The number of hydrogen-bond donors (Lipinski definition) is 1. The molecule has 0 aromatic carbocycles. The zero-order valence-corrected chi connectivity index (χ0v) is 9.01. The number of alkyl halides is 3. The average Bonchev–Trinajstić information content (AvgIpc) is 2.15. The van der Waals surface area contributed by atoms with Crippen LogP contribution >= 0.6 is 0 Å². The summed E-state index contributed by atoms with van der Waals surface area (Å²) >= 11 is 0. The molecule has 6 heteroatoms. The zero-order valence-electron chi connectivity index (χ0n) is 9.01. The number of halogens is 3. The van der Waals surface area contributed by atoms with E-state index in [2.05, 4.69) is 15.3 Å². The van der Waals surface area contributed by atoms with Crippen LogP contribution in [0.4, 0.5) is 19.1 Å². The van der Waals surface area contributed by atoms with Crippen LogP contribution in [0.1, 0.15) is 25.0 Å². The summed E-state index contributed by atoms with van der Waals surface area (Å²) in [6.07, 6.45) is -2.59. The van der Waals surface area contributed by atoms with Gasteiger partial charge in [0, 0.05) is 24.9 Å². The molecule has 1 N–H and O–H groups in total. The van der Waals surface area contributed by atoms with Crippen LogP contribution in [0.25, 0.3) is 0 Å². The fourth-order valence-corrected chi connectivity index (χ4v) is 1.18. The molecule has 16 heavy (non-hydrogen) atoms. The average molecular weight is 233 g/mol. The van der Waals surface area contributed by atoms with Gasteiger partial charge in [0.2, 0.25) is 5.95 Å². The van der Waals surface area contributed by atoms with Crippen molar-refractivity contribution in [2.45, 2.75) is 32.4 Å². The summed E-state index contributed by atoms with van der Waals surface area (Å²) in [5.41, 5.74) is 0.827. The molecule has 90 valence electrons. The Balaban J connectivity index is 2.17. The van der Waals surface area contributed by atoms with Gasteiger partial charge in [-0.1, -0.05) is 0 Å². The van der Waals surface area contributed by atoms with Gasteiger partial charge < -0.3 is 5.32 Å². The molecule has 0 fully saturated rings. The van der Waals surface area contributed by atoms with Crippen molar-refractivity contribution in [2.24, 2.45) is 0 Å². The molecular formula is C10H14F3N3. The first-order valence-electron chi connectivity index (χ1n) is 5.08. The summed E-state index contributed by atoms with van der Waals surface area (Å²) in [5, 5.41) is 2.88. The van der Waals surface area contributed by atoms with Crippen molar-refractivity contribution in [3.63, 3.8) is 0 Å². The van der Waals surface area contributed by atoms with Gasteiger partial charge in [-0.2, -0.15) is 13.2 Å². The molecule has 1 aromatic heterocycles. The fraction of sp³-hybridized carbons (Fsp3) is 0.600. The van der Waals surface area contributed by atoms with Crippen molar-refractivity contribution >= 4 is 5.95 Å². The summed E-state index contributed by atoms with van der Waals surface area (Å²) in [6.45, 7) is 2.29. The van der Waals surface area contributed by atoms with Gasteiger partial charge >= 0.3 is 6.18 Å². The lowest BCUT2D eigenvalue weighted by Crippen LogP contribution is -2.09. The summed E-state index contributed by atoms with van der Waals surface area (Å²) in [7, 11) is 0. The number of hydrogen-bond acceptors (Lipinski definition) is 3. The van der Waals surface area contributed by atoms with E-state index in [1.54, 1.807) is 12.3 Å². The van der Waals surface area contributed by atoms with E-state index in [4.69, 9.17) is 0 Å². The second kappa shape index (κ2) is 5.67. The van der Waals surface area contributed by atoms with Crippen LogP contribution in [0.3, 0.4) is 0 Å². The van der Waals surface area contributed by atoms with Crippen LogP contribution in [-0.4, -0.2) is 22.7 Å². The monoisotopic (exact) mass is 233 g/mol. The molecular weight excluding hydrogens is 219 g/mol. The van der Waals surface area contributed by atoms with Crippen molar-refractivity contribution in [1.29, 1.82) is 0 Å². The number of nitrogens with zero attached hydrogens (tertiary/aromatic N) is 2. The molecule has 0 aliphatic carbocycles. The van der Waals surface area contributed by atoms with Crippen molar-refractivity contribution in [3.8, 4) is 0 Å². The Morgan fingerprint density at radius 2 is 2.06 bits per heavy atom. The highest BCUT2D eigenvalue weighted by molar-refractivity contribution is 5.24. The van der Waals surface area contributed by atoms with Gasteiger partial charge in [0.15, 0.2) is 0 Å². The maximum absolute atomic E-state index is 11.8. The van der Waals surface area contributed by atoms with Crippen LogP contribution in [0.15, 0.2) is 12.3 Å². The highest BCUT2D eigenvalue weighted by Gasteiger charge is 2.25. The molecule has 0 atom stereocenters. The van der Waals surface area contributed by atoms with E-state index in [1.807, 2.05) is 6.92 Å². The third kappa shape index (κ3) is 5.53. The number of aromatic nitrogens is 2. The predicted octanol–water partition coefficient (Wildman–Crippen LogP) is 2.93. The summed E-state index contributed by atoms with van der Waals surface area (Å²) < 4.78 is 35.4. The van der Waals surface area contributed by atoms with Gasteiger partial charge in [-0.3, -0.25) is 0 Å². The van der Waals surface area contributed by atoms with Crippen molar-refractivity contribution in [3.05, 3.63) is 18.0 Å². The van der Waals surface area contributed by atoms with Crippen LogP contribution in [0, 0.1) is 6.92 Å². The maximum atomic E-state index is 11.8. The van der Waals surface area contributed by atoms with Gasteiger partial charge in [0.25, 0.3) is 0 Å². The maximum Gasteiger partial charge on any atom is 0.389 e. The van der Waals surface area contributed by atoms with Gasteiger partial charge in [-0.15, -0.1) is 0 Å². The smallest absolute Gasteiger partial charge is 0.354 e. The molecule has 0 saturated carbocycles. The minimum Gasteiger partial charge on any atom is -0.354 e. The Hall–Kier alpha value is -1.33. The van der Waals surface area contributed by atoms with Crippen molar-refractivity contribution in [2.75, 3.05) is 11.9 Å². The normalized spacial score (nSPS) is 11.5. The zero-order chi connectivity index (χ0) is 12.0.